The highest BCUT2D eigenvalue weighted by Crippen LogP contribution is 2.22. The van der Waals surface area contributed by atoms with Gasteiger partial charge in [-0.2, -0.15) is 4.91 Å². The van der Waals surface area contributed by atoms with Gasteiger partial charge in [-0.15, -0.1) is 0 Å². The Kier molecular flexibility index (Phi) is 4.24. The van der Waals surface area contributed by atoms with Crippen molar-refractivity contribution in [1.29, 1.82) is 0 Å². The van der Waals surface area contributed by atoms with E-state index in [0.717, 1.165) is 6.42 Å². The summed E-state index contributed by atoms with van der Waals surface area (Å²) in [4.78, 5) is 9.93. The summed E-state index contributed by atoms with van der Waals surface area (Å²) >= 11 is 0. The molecule has 0 saturated heterocycles. The molecule has 0 amide bonds. The van der Waals surface area contributed by atoms with E-state index in [-0.39, 0.29) is 5.41 Å². The minimum absolute atomic E-state index is 0.123. The van der Waals surface area contributed by atoms with E-state index in [0.29, 0.717) is 6.54 Å². The Labute approximate surface area is 63.0 Å². The van der Waals surface area contributed by atoms with Gasteiger partial charge in [0, 0.05) is 0 Å². The molecule has 0 unspecified atom stereocenters. The molecule has 0 N–H and O–H groups in total. The van der Waals surface area contributed by atoms with E-state index >= 15 is 0 Å². The van der Waals surface area contributed by atoms with Crippen molar-refractivity contribution >= 4 is 0 Å². The Morgan fingerprint density at radius 1 is 1.40 bits per heavy atom. The number of rotatable bonds is 5. The van der Waals surface area contributed by atoms with Crippen molar-refractivity contribution in [3.63, 3.8) is 0 Å². The topological polar surface area (TPSA) is 29.4 Å². The first-order chi connectivity index (χ1) is 4.62. The Bertz CT molecular complexity index is 99.4. The maximum absolute atomic E-state index is 9.93. The highest BCUT2D eigenvalue weighted by atomic mass is 16.3. The zero-order valence-corrected chi connectivity index (χ0v) is 7.18. The first-order valence-corrected chi connectivity index (χ1v) is 3.91. The predicted octanol–water partition coefficient (Wildman–Crippen LogP) is 2.97. The SMILES string of the molecule is CCCCC(C)(C)CN=O. The molecule has 0 spiro atoms. The lowest BCUT2D eigenvalue weighted by molar-refractivity contribution is 0.335. The van der Waals surface area contributed by atoms with E-state index in [1.807, 2.05) is 0 Å². The summed E-state index contributed by atoms with van der Waals surface area (Å²) in [5.41, 5.74) is 0.123. The molecule has 0 bridgehead atoms. The van der Waals surface area contributed by atoms with Crippen molar-refractivity contribution in [1.82, 2.24) is 0 Å². The molecule has 0 rings (SSSR count). The van der Waals surface area contributed by atoms with Crippen LogP contribution in [0.4, 0.5) is 0 Å². The second-order valence-electron chi connectivity index (χ2n) is 3.55. The molecule has 2 heteroatoms. The van der Waals surface area contributed by atoms with Crippen LogP contribution in [0.3, 0.4) is 0 Å². The fourth-order valence-electron chi connectivity index (χ4n) is 0.909. The van der Waals surface area contributed by atoms with E-state index in [9.17, 15) is 4.91 Å². The van der Waals surface area contributed by atoms with Gasteiger partial charge in [-0.05, 0) is 11.8 Å². The van der Waals surface area contributed by atoms with Crippen molar-refractivity contribution in [2.45, 2.75) is 40.0 Å². The summed E-state index contributed by atoms with van der Waals surface area (Å²) in [5.74, 6) is 0. The molecule has 0 heterocycles. The van der Waals surface area contributed by atoms with Crippen molar-refractivity contribution in [2.24, 2.45) is 10.6 Å². The lowest BCUT2D eigenvalue weighted by Crippen LogP contribution is -2.14. The summed E-state index contributed by atoms with van der Waals surface area (Å²) in [6.45, 7) is 6.78. The van der Waals surface area contributed by atoms with Gasteiger partial charge < -0.3 is 0 Å². The molecular formula is C8H17NO. The van der Waals surface area contributed by atoms with Gasteiger partial charge in [0.05, 0.1) is 6.54 Å². The van der Waals surface area contributed by atoms with Crippen LogP contribution in [-0.4, -0.2) is 6.54 Å². The second kappa shape index (κ2) is 4.42. The number of unbranched alkanes of at least 4 members (excludes halogenated alkanes) is 1. The van der Waals surface area contributed by atoms with Crippen LogP contribution >= 0.6 is 0 Å². The Morgan fingerprint density at radius 2 is 2.00 bits per heavy atom. The van der Waals surface area contributed by atoms with Crippen LogP contribution < -0.4 is 0 Å². The monoisotopic (exact) mass is 143 g/mol. The van der Waals surface area contributed by atoms with Crippen molar-refractivity contribution in [3.8, 4) is 0 Å². The smallest absolute Gasteiger partial charge is 0.0862 e. The van der Waals surface area contributed by atoms with Crippen LogP contribution in [0.2, 0.25) is 0 Å². The third kappa shape index (κ3) is 4.48. The van der Waals surface area contributed by atoms with Crippen molar-refractivity contribution < 1.29 is 0 Å². The molecule has 0 atom stereocenters. The first kappa shape index (κ1) is 9.60. The van der Waals surface area contributed by atoms with Crippen LogP contribution in [0.5, 0.6) is 0 Å². The first-order valence-electron chi connectivity index (χ1n) is 3.91. The average Bonchev–Trinajstić information content (AvgIpc) is 1.84. The van der Waals surface area contributed by atoms with Gasteiger partial charge in [-0.1, -0.05) is 38.8 Å². The molecular weight excluding hydrogens is 126 g/mol. The number of nitrogens with zero attached hydrogens (tertiary/aromatic N) is 1. The molecule has 10 heavy (non-hydrogen) atoms. The maximum atomic E-state index is 9.93. The lowest BCUT2D eigenvalue weighted by Gasteiger charge is -2.19. The van der Waals surface area contributed by atoms with E-state index in [2.05, 4.69) is 25.9 Å². The van der Waals surface area contributed by atoms with Gasteiger partial charge in [0.15, 0.2) is 0 Å². The van der Waals surface area contributed by atoms with Gasteiger partial charge in [0.2, 0.25) is 0 Å². The van der Waals surface area contributed by atoms with Crippen LogP contribution in [0.25, 0.3) is 0 Å². The van der Waals surface area contributed by atoms with Crippen LogP contribution in [-0.2, 0) is 0 Å². The molecule has 0 radical (unpaired) electrons. The summed E-state index contributed by atoms with van der Waals surface area (Å²) in [6.07, 6.45) is 3.50. The third-order valence-electron chi connectivity index (χ3n) is 1.70. The predicted molar refractivity (Wildman–Crippen MR) is 44.0 cm³/mol. The zero-order chi connectivity index (χ0) is 8.04. The summed E-state index contributed by atoms with van der Waals surface area (Å²) in [7, 11) is 0. The highest BCUT2D eigenvalue weighted by Gasteiger charge is 2.16. The van der Waals surface area contributed by atoms with E-state index < -0.39 is 0 Å². The average molecular weight is 143 g/mol. The van der Waals surface area contributed by atoms with Crippen LogP contribution in [0.15, 0.2) is 5.18 Å². The normalized spacial score (nSPS) is 11.5. The number of nitroso groups, excluding NO2 is 1. The summed E-state index contributed by atoms with van der Waals surface area (Å²) in [6, 6.07) is 0. The zero-order valence-electron chi connectivity index (χ0n) is 7.18. The molecule has 0 fully saturated rings. The van der Waals surface area contributed by atoms with Gasteiger partial charge in [-0.25, -0.2) is 0 Å². The molecule has 0 aliphatic carbocycles. The van der Waals surface area contributed by atoms with Gasteiger partial charge >= 0.3 is 0 Å². The van der Waals surface area contributed by atoms with Gasteiger partial charge in [-0.3, -0.25) is 0 Å². The molecule has 0 aromatic heterocycles. The molecule has 0 aromatic carbocycles. The quantitative estimate of drug-likeness (QED) is 0.544. The fourth-order valence-corrected chi connectivity index (χ4v) is 0.909. The minimum atomic E-state index is 0.123. The molecule has 60 valence electrons. The fraction of sp³-hybridized carbons (Fsp3) is 1.00. The lowest BCUT2D eigenvalue weighted by atomic mass is 9.88. The van der Waals surface area contributed by atoms with E-state index in [4.69, 9.17) is 0 Å². The van der Waals surface area contributed by atoms with Gasteiger partial charge in [0.25, 0.3) is 0 Å². The molecule has 2 nitrogen and oxygen atoms in total. The third-order valence-corrected chi connectivity index (χ3v) is 1.70. The largest absolute Gasteiger partial charge is 0.151 e. The highest BCUT2D eigenvalue weighted by molar-refractivity contribution is 4.70. The van der Waals surface area contributed by atoms with Crippen molar-refractivity contribution in [2.75, 3.05) is 6.54 Å². The van der Waals surface area contributed by atoms with Crippen LogP contribution in [0, 0.1) is 10.3 Å². The van der Waals surface area contributed by atoms with E-state index in [1.54, 1.807) is 0 Å². The molecule has 0 aromatic rings. The van der Waals surface area contributed by atoms with Crippen molar-refractivity contribution in [3.05, 3.63) is 4.91 Å². The second-order valence-corrected chi connectivity index (χ2v) is 3.55. The van der Waals surface area contributed by atoms with E-state index in [1.165, 1.54) is 12.8 Å². The standard InChI is InChI=1S/C8H17NO/c1-4-5-6-8(2,3)7-9-10/h4-7H2,1-3H3. The molecule has 0 saturated carbocycles. The summed E-state index contributed by atoms with van der Waals surface area (Å²) in [5, 5.41) is 2.91. The number of hydrogen-bond donors (Lipinski definition) is 0. The molecule has 0 aliphatic rings. The molecule has 0 aliphatic heterocycles. The summed E-state index contributed by atoms with van der Waals surface area (Å²) < 4.78 is 0. The number of hydrogen-bond acceptors (Lipinski definition) is 2. The van der Waals surface area contributed by atoms with Gasteiger partial charge in [0.1, 0.15) is 0 Å². The Morgan fingerprint density at radius 3 is 2.40 bits per heavy atom. The Hall–Kier alpha value is -0.400. The maximum Gasteiger partial charge on any atom is 0.0862 e. The van der Waals surface area contributed by atoms with Crippen LogP contribution in [0.1, 0.15) is 40.0 Å². The Balaban J connectivity index is 3.51. The minimum Gasteiger partial charge on any atom is -0.151 e.